The van der Waals surface area contributed by atoms with Gasteiger partial charge in [-0.1, -0.05) is 36.4 Å². The number of rotatable bonds is 7. The molecule has 0 atom stereocenters. The SMILES string of the molecule is O=C(Oc1ccc2ccccc2c1/C=N/Nc1cccc([N+](=O)[O-])c1)c1ccc([N+](=O)[O-])cc1. The van der Waals surface area contributed by atoms with Gasteiger partial charge in [-0.15, -0.1) is 0 Å². The third kappa shape index (κ3) is 4.86. The number of hydrazone groups is 1. The van der Waals surface area contributed by atoms with E-state index in [1.807, 2.05) is 24.3 Å². The molecule has 0 saturated heterocycles. The van der Waals surface area contributed by atoms with E-state index in [1.165, 1.54) is 48.7 Å². The third-order valence-electron chi connectivity index (χ3n) is 4.89. The van der Waals surface area contributed by atoms with Crippen LogP contribution in [0.5, 0.6) is 5.75 Å². The summed E-state index contributed by atoms with van der Waals surface area (Å²) in [5.41, 5.74) is 3.59. The van der Waals surface area contributed by atoms with Crippen LogP contribution in [0.4, 0.5) is 17.1 Å². The minimum atomic E-state index is -0.688. The number of benzene rings is 4. The van der Waals surface area contributed by atoms with Gasteiger partial charge >= 0.3 is 5.97 Å². The van der Waals surface area contributed by atoms with Gasteiger partial charge in [-0.3, -0.25) is 25.7 Å². The van der Waals surface area contributed by atoms with E-state index >= 15 is 0 Å². The predicted octanol–water partition coefficient (Wildman–Crippen LogP) is 5.32. The van der Waals surface area contributed by atoms with E-state index in [9.17, 15) is 25.0 Å². The Labute approximate surface area is 192 Å². The lowest BCUT2D eigenvalue weighted by atomic mass is 10.0. The quantitative estimate of drug-likeness (QED) is 0.131. The number of anilines is 1. The van der Waals surface area contributed by atoms with Crippen molar-refractivity contribution in [3.63, 3.8) is 0 Å². The van der Waals surface area contributed by atoms with Crippen molar-refractivity contribution in [1.29, 1.82) is 0 Å². The number of nitro groups is 2. The van der Waals surface area contributed by atoms with Crippen LogP contribution in [0.1, 0.15) is 15.9 Å². The number of fused-ring (bicyclic) bond motifs is 1. The molecule has 0 aliphatic carbocycles. The van der Waals surface area contributed by atoms with Gasteiger partial charge in [-0.05, 0) is 35.0 Å². The average molecular weight is 456 g/mol. The molecule has 168 valence electrons. The molecular weight excluding hydrogens is 440 g/mol. The average Bonchev–Trinajstić information content (AvgIpc) is 2.85. The van der Waals surface area contributed by atoms with Crippen LogP contribution in [0.25, 0.3) is 10.8 Å². The number of hydrogen-bond acceptors (Lipinski definition) is 8. The van der Waals surface area contributed by atoms with Crippen molar-refractivity contribution in [3.05, 3.63) is 116 Å². The lowest BCUT2D eigenvalue weighted by molar-refractivity contribution is -0.385. The summed E-state index contributed by atoms with van der Waals surface area (Å²) in [5.74, 6) is -0.460. The van der Waals surface area contributed by atoms with E-state index in [2.05, 4.69) is 10.5 Å². The third-order valence-corrected chi connectivity index (χ3v) is 4.89. The van der Waals surface area contributed by atoms with Gasteiger partial charge in [-0.25, -0.2) is 4.79 Å². The molecule has 4 aromatic rings. The van der Waals surface area contributed by atoms with Crippen molar-refractivity contribution in [3.8, 4) is 5.75 Å². The number of nitrogens with zero attached hydrogens (tertiary/aromatic N) is 3. The normalized spacial score (nSPS) is 10.8. The van der Waals surface area contributed by atoms with Crippen LogP contribution >= 0.6 is 0 Å². The molecule has 4 rings (SSSR count). The summed E-state index contributed by atoms with van der Waals surface area (Å²) in [4.78, 5) is 33.4. The van der Waals surface area contributed by atoms with E-state index in [4.69, 9.17) is 4.74 Å². The van der Waals surface area contributed by atoms with Crippen LogP contribution in [0, 0.1) is 20.2 Å². The largest absolute Gasteiger partial charge is 0.422 e. The van der Waals surface area contributed by atoms with Crippen LogP contribution in [-0.2, 0) is 0 Å². The minimum Gasteiger partial charge on any atom is -0.422 e. The van der Waals surface area contributed by atoms with Crippen molar-refractivity contribution in [1.82, 2.24) is 0 Å². The van der Waals surface area contributed by atoms with Gasteiger partial charge in [0, 0.05) is 29.8 Å². The Morgan fingerprint density at radius 2 is 1.59 bits per heavy atom. The molecule has 10 nitrogen and oxygen atoms in total. The lowest BCUT2D eigenvalue weighted by Crippen LogP contribution is -2.10. The maximum Gasteiger partial charge on any atom is 0.343 e. The fraction of sp³-hybridized carbons (Fsp3) is 0. The zero-order chi connectivity index (χ0) is 24.1. The van der Waals surface area contributed by atoms with Gasteiger partial charge in [0.2, 0.25) is 0 Å². The Hall–Kier alpha value is -5.12. The molecule has 0 aliphatic heterocycles. The van der Waals surface area contributed by atoms with Gasteiger partial charge in [0.1, 0.15) is 5.75 Å². The van der Waals surface area contributed by atoms with Crippen molar-refractivity contribution in [2.24, 2.45) is 5.10 Å². The first kappa shape index (κ1) is 22.1. The molecule has 4 aromatic carbocycles. The molecular formula is C24H16N4O6. The first-order valence-electron chi connectivity index (χ1n) is 9.94. The zero-order valence-corrected chi connectivity index (χ0v) is 17.5. The maximum atomic E-state index is 12.7. The summed E-state index contributed by atoms with van der Waals surface area (Å²) in [6.07, 6.45) is 1.46. The first-order chi connectivity index (χ1) is 16.4. The van der Waals surface area contributed by atoms with Gasteiger partial charge < -0.3 is 4.74 Å². The fourth-order valence-corrected chi connectivity index (χ4v) is 3.24. The highest BCUT2D eigenvalue weighted by Crippen LogP contribution is 2.28. The van der Waals surface area contributed by atoms with E-state index in [-0.39, 0.29) is 22.7 Å². The highest BCUT2D eigenvalue weighted by molar-refractivity contribution is 6.04. The van der Waals surface area contributed by atoms with Crippen LogP contribution in [0.3, 0.4) is 0 Å². The molecule has 0 fully saturated rings. The molecule has 0 spiro atoms. The number of esters is 1. The summed E-state index contributed by atoms with van der Waals surface area (Å²) in [7, 11) is 0. The topological polar surface area (TPSA) is 137 Å². The molecule has 10 heteroatoms. The second kappa shape index (κ2) is 9.57. The first-order valence-corrected chi connectivity index (χ1v) is 9.94. The van der Waals surface area contributed by atoms with Crippen molar-refractivity contribution in [2.45, 2.75) is 0 Å². The number of carbonyl (C=O) groups excluding carboxylic acids is 1. The second-order valence-electron chi connectivity index (χ2n) is 7.07. The lowest BCUT2D eigenvalue weighted by Gasteiger charge is -2.10. The molecule has 0 amide bonds. The number of nitro benzene ring substituents is 2. The minimum absolute atomic E-state index is 0.0805. The molecule has 0 aliphatic rings. The summed E-state index contributed by atoms with van der Waals surface area (Å²) in [6.45, 7) is 0. The highest BCUT2D eigenvalue weighted by Gasteiger charge is 2.15. The van der Waals surface area contributed by atoms with Crippen molar-refractivity contribution >= 4 is 40.0 Å². The molecule has 0 unspecified atom stereocenters. The number of nitrogens with one attached hydrogen (secondary N) is 1. The fourth-order valence-electron chi connectivity index (χ4n) is 3.24. The Balaban J connectivity index is 1.63. The van der Waals surface area contributed by atoms with Crippen LogP contribution in [0.15, 0.2) is 90.0 Å². The zero-order valence-electron chi connectivity index (χ0n) is 17.5. The molecule has 0 aromatic heterocycles. The molecule has 0 saturated carbocycles. The van der Waals surface area contributed by atoms with Gasteiger partial charge in [0.15, 0.2) is 0 Å². The summed E-state index contributed by atoms with van der Waals surface area (Å²) in [6, 6.07) is 21.8. The number of carbonyl (C=O) groups is 1. The number of hydrogen-bond donors (Lipinski definition) is 1. The Bertz CT molecular complexity index is 1430. The van der Waals surface area contributed by atoms with E-state index in [1.54, 1.807) is 18.2 Å². The number of ether oxygens (including phenoxy) is 1. The van der Waals surface area contributed by atoms with Crippen LogP contribution in [0.2, 0.25) is 0 Å². The Morgan fingerprint density at radius 1 is 0.853 bits per heavy atom. The van der Waals surface area contributed by atoms with Crippen LogP contribution < -0.4 is 10.2 Å². The standard InChI is InChI=1S/C24H16N4O6/c29-24(17-8-11-19(12-9-17)27(30)31)34-23-13-10-16-4-1-2-7-21(16)22(23)15-25-26-18-5-3-6-20(14-18)28(32)33/h1-15,26H/b25-15+. The molecule has 1 N–H and O–H groups in total. The molecule has 0 heterocycles. The highest BCUT2D eigenvalue weighted by atomic mass is 16.6. The van der Waals surface area contributed by atoms with E-state index in [0.717, 1.165) is 10.8 Å². The summed E-state index contributed by atoms with van der Waals surface area (Å²) >= 11 is 0. The molecule has 0 bridgehead atoms. The Morgan fingerprint density at radius 3 is 2.32 bits per heavy atom. The van der Waals surface area contributed by atoms with Crippen molar-refractivity contribution < 1.29 is 19.4 Å². The maximum absolute atomic E-state index is 12.7. The molecule has 0 radical (unpaired) electrons. The second-order valence-corrected chi connectivity index (χ2v) is 7.07. The van der Waals surface area contributed by atoms with Crippen LogP contribution in [-0.4, -0.2) is 22.0 Å². The Kier molecular flexibility index (Phi) is 6.22. The van der Waals surface area contributed by atoms with Gasteiger partial charge in [0.05, 0.1) is 27.3 Å². The smallest absolute Gasteiger partial charge is 0.343 e. The van der Waals surface area contributed by atoms with Gasteiger partial charge in [0.25, 0.3) is 11.4 Å². The van der Waals surface area contributed by atoms with E-state index in [0.29, 0.717) is 11.3 Å². The summed E-state index contributed by atoms with van der Waals surface area (Å²) in [5, 5.41) is 27.6. The van der Waals surface area contributed by atoms with Crippen molar-refractivity contribution in [2.75, 3.05) is 5.43 Å². The monoisotopic (exact) mass is 456 g/mol. The molecule has 34 heavy (non-hydrogen) atoms. The predicted molar refractivity (Wildman–Crippen MR) is 126 cm³/mol. The van der Waals surface area contributed by atoms with E-state index < -0.39 is 15.8 Å². The van der Waals surface area contributed by atoms with Gasteiger partial charge in [-0.2, -0.15) is 5.10 Å². The number of non-ortho nitro benzene ring substituents is 2. The summed E-state index contributed by atoms with van der Waals surface area (Å²) < 4.78 is 5.58.